The molecule has 3 rings (SSSR count). The number of nitrogens with two attached hydrogens (primary N) is 1. The lowest BCUT2D eigenvalue weighted by atomic mass is 10.2. The summed E-state index contributed by atoms with van der Waals surface area (Å²) in [5.41, 5.74) is 9.32. The summed E-state index contributed by atoms with van der Waals surface area (Å²) in [6, 6.07) is 6.28. The van der Waals surface area contributed by atoms with Crippen molar-refractivity contribution in [2.45, 2.75) is 38.8 Å². The highest BCUT2D eigenvalue weighted by molar-refractivity contribution is 5.79. The molecule has 96 valence electrons. The van der Waals surface area contributed by atoms with Gasteiger partial charge in [-0.3, -0.25) is 0 Å². The van der Waals surface area contributed by atoms with Gasteiger partial charge in [0.05, 0.1) is 17.1 Å². The molecule has 1 unspecified atom stereocenters. The monoisotopic (exact) mass is 245 g/mol. The van der Waals surface area contributed by atoms with Gasteiger partial charge in [-0.1, -0.05) is 6.07 Å². The standard InChI is InChI=1S/C14H19N3O/c1-10-4-5-13-12(9-10)16-14(15)17(13)7-6-11-3-2-8-18-11/h4-5,9,11H,2-3,6-8H2,1H3,(H2,15,16). The minimum atomic E-state index is 0.396. The van der Waals surface area contributed by atoms with Gasteiger partial charge in [-0.15, -0.1) is 0 Å². The number of hydrogen-bond donors (Lipinski definition) is 1. The van der Waals surface area contributed by atoms with Crippen molar-refractivity contribution in [3.63, 3.8) is 0 Å². The van der Waals surface area contributed by atoms with Gasteiger partial charge >= 0.3 is 0 Å². The molecule has 1 aromatic carbocycles. The minimum Gasteiger partial charge on any atom is -0.378 e. The number of aromatic nitrogens is 2. The summed E-state index contributed by atoms with van der Waals surface area (Å²) in [4.78, 5) is 4.42. The molecule has 0 amide bonds. The van der Waals surface area contributed by atoms with E-state index >= 15 is 0 Å². The Morgan fingerprint density at radius 1 is 1.50 bits per heavy atom. The Morgan fingerprint density at radius 2 is 2.39 bits per heavy atom. The van der Waals surface area contributed by atoms with Gasteiger partial charge < -0.3 is 15.0 Å². The first-order valence-corrected chi connectivity index (χ1v) is 6.58. The summed E-state index contributed by atoms with van der Waals surface area (Å²) in [6.07, 6.45) is 3.77. The topological polar surface area (TPSA) is 53.1 Å². The van der Waals surface area contributed by atoms with E-state index in [0.717, 1.165) is 30.6 Å². The lowest BCUT2D eigenvalue weighted by Crippen LogP contribution is -2.11. The highest BCUT2D eigenvalue weighted by Gasteiger charge is 2.16. The van der Waals surface area contributed by atoms with E-state index in [4.69, 9.17) is 10.5 Å². The Bertz CT molecular complexity index is 555. The van der Waals surface area contributed by atoms with Gasteiger partial charge in [0.2, 0.25) is 5.95 Å². The zero-order valence-electron chi connectivity index (χ0n) is 10.7. The molecule has 1 aliphatic rings. The molecule has 0 spiro atoms. The Hall–Kier alpha value is -1.55. The maximum absolute atomic E-state index is 6.00. The van der Waals surface area contributed by atoms with Gasteiger partial charge in [-0.2, -0.15) is 0 Å². The van der Waals surface area contributed by atoms with Crippen molar-refractivity contribution >= 4 is 17.0 Å². The van der Waals surface area contributed by atoms with E-state index in [9.17, 15) is 0 Å². The molecule has 2 heterocycles. The van der Waals surface area contributed by atoms with Crippen molar-refractivity contribution in [3.05, 3.63) is 23.8 Å². The molecule has 1 fully saturated rings. The first-order chi connectivity index (χ1) is 8.74. The van der Waals surface area contributed by atoms with Crippen LogP contribution in [0.25, 0.3) is 11.0 Å². The van der Waals surface area contributed by atoms with E-state index in [1.165, 1.54) is 18.4 Å². The summed E-state index contributed by atoms with van der Waals surface area (Å²) >= 11 is 0. The first kappa shape index (κ1) is 11.5. The summed E-state index contributed by atoms with van der Waals surface area (Å²) in [5, 5.41) is 0. The largest absolute Gasteiger partial charge is 0.378 e. The number of nitrogen functional groups attached to an aromatic ring is 1. The molecule has 0 aliphatic carbocycles. The van der Waals surface area contributed by atoms with Gasteiger partial charge in [-0.25, -0.2) is 4.98 Å². The number of nitrogens with zero attached hydrogens (tertiary/aromatic N) is 2. The minimum absolute atomic E-state index is 0.396. The fraction of sp³-hybridized carbons (Fsp3) is 0.500. The summed E-state index contributed by atoms with van der Waals surface area (Å²) < 4.78 is 7.74. The van der Waals surface area contributed by atoms with Crippen LogP contribution in [0.15, 0.2) is 18.2 Å². The Labute approximate surface area is 107 Å². The van der Waals surface area contributed by atoms with Crippen molar-refractivity contribution in [1.82, 2.24) is 9.55 Å². The maximum Gasteiger partial charge on any atom is 0.201 e. The molecule has 0 bridgehead atoms. The average molecular weight is 245 g/mol. The molecule has 0 radical (unpaired) electrons. The number of rotatable bonds is 3. The van der Waals surface area contributed by atoms with Gasteiger partial charge in [0.15, 0.2) is 0 Å². The number of ether oxygens (including phenoxy) is 1. The third kappa shape index (κ3) is 2.08. The smallest absolute Gasteiger partial charge is 0.201 e. The molecule has 4 nitrogen and oxygen atoms in total. The van der Waals surface area contributed by atoms with Gasteiger partial charge in [0.1, 0.15) is 0 Å². The van der Waals surface area contributed by atoms with Crippen LogP contribution < -0.4 is 5.73 Å². The lowest BCUT2D eigenvalue weighted by Gasteiger charge is -2.11. The van der Waals surface area contributed by atoms with E-state index in [1.807, 2.05) is 0 Å². The average Bonchev–Trinajstić information content (AvgIpc) is 2.93. The highest BCUT2D eigenvalue weighted by Crippen LogP contribution is 2.22. The van der Waals surface area contributed by atoms with Crippen LogP contribution in [0, 0.1) is 6.92 Å². The van der Waals surface area contributed by atoms with Crippen molar-refractivity contribution in [2.75, 3.05) is 12.3 Å². The molecule has 1 atom stereocenters. The normalized spacial score (nSPS) is 19.7. The Kier molecular flexibility index (Phi) is 2.96. The van der Waals surface area contributed by atoms with Crippen molar-refractivity contribution < 1.29 is 4.74 Å². The maximum atomic E-state index is 6.00. The number of imidazole rings is 1. The van der Waals surface area contributed by atoms with Crippen LogP contribution in [0.4, 0.5) is 5.95 Å². The molecule has 18 heavy (non-hydrogen) atoms. The van der Waals surface area contributed by atoms with Crippen LogP contribution in [0.3, 0.4) is 0 Å². The van der Waals surface area contributed by atoms with Crippen LogP contribution >= 0.6 is 0 Å². The predicted octanol–water partition coefficient (Wildman–Crippen LogP) is 2.50. The zero-order valence-corrected chi connectivity index (χ0v) is 10.7. The predicted molar refractivity (Wildman–Crippen MR) is 72.5 cm³/mol. The zero-order chi connectivity index (χ0) is 12.5. The lowest BCUT2D eigenvalue weighted by molar-refractivity contribution is 0.101. The van der Waals surface area contributed by atoms with Crippen molar-refractivity contribution in [3.8, 4) is 0 Å². The third-order valence-electron chi connectivity index (χ3n) is 3.63. The van der Waals surface area contributed by atoms with E-state index in [-0.39, 0.29) is 0 Å². The number of aryl methyl sites for hydroxylation is 2. The van der Waals surface area contributed by atoms with Crippen LogP contribution in [0.2, 0.25) is 0 Å². The molecular formula is C14H19N3O. The van der Waals surface area contributed by atoms with Crippen LogP contribution in [0.5, 0.6) is 0 Å². The molecule has 1 saturated heterocycles. The summed E-state index contributed by atoms with van der Waals surface area (Å²) in [5.74, 6) is 0.605. The first-order valence-electron chi connectivity index (χ1n) is 6.58. The fourth-order valence-electron chi connectivity index (χ4n) is 2.64. The van der Waals surface area contributed by atoms with Crippen LogP contribution in [0.1, 0.15) is 24.8 Å². The second-order valence-corrected chi connectivity index (χ2v) is 5.04. The molecule has 4 heteroatoms. The van der Waals surface area contributed by atoms with E-state index in [2.05, 4.69) is 34.7 Å². The SMILES string of the molecule is Cc1ccc2c(c1)nc(N)n2CCC1CCCO1. The van der Waals surface area contributed by atoms with Crippen LogP contribution in [-0.2, 0) is 11.3 Å². The quantitative estimate of drug-likeness (QED) is 0.904. The van der Waals surface area contributed by atoms with Crippen LogP contribution in [-0.4, -0.2) is 22.3 Å². The summed E-state index contributed by atoms with van der Waals surface area (Å²) in [6.45, 7) is 3.86. The van der Waals surface area contributed by atoms with Gasteiger partial charge in [-0.05, 0) is 43.9 Å². The van der Waals surface area contributed by atoms with E-state index in [1.54, 1.807) is 0 Å². The highest BCUT2D eigenvalue weighted by atomic mass is 16.5. The Balaban J connectivity index is 1.84. The Morgan fingerprint density at radius 3 is 3.17 bits per heavy atom. The van der Waals surface area contributed by atoms with E-state index < -0.39 is 0 Å². The van der Waals surface area contributed by atoms with Gasteiger partial charge in [0.25, 0.3) is 0 Å². The van der Waals surface area contributed by atoms with E-state index in [0.29, 0.717) is 12.1 Å². The van der Waals surface area contributed by atoms with Crippen molar-refractivity contribution in [2.24, 2.45) is 0 Å². The second kappa shape index (κ2) is 4.61. The number of benzene rings is 1. The number of fused-ring (bicyclic) bond motifs is 1. The summed E-state index contributed by atoms with van der Waals surface area (Å²) in [7, 11) is 0. The molecule has 1 aromatic heterocycles. The second-order valence-electron chi connectivity index (χ2n) is 5.04. The number of anilines is 1. The molecular weight excluding hydrogens is 226 g/mol. The fourth-order valence-corrected chi connectivity index (χ4v) is 2.64. The molecule has 2 N–H and O–H groups in total. The molecule has 1 aliphatic heterocycles. The third-order valence-corrected chi connectivity index (χ3v) is 3.63. The number of hydrogen-bond acceptors (Lipinski definition) is 3. The molecule has 0 saturated carbocycles. The van der Waals surface area contributed by atoms with Gasteiger partial charge in [0, 0.05) is 13.2 Å². The van der Waals surface area contributed by atoms with Crippen molar-refractivity contribution in [1.29, 1.82) is 0 Å². The molecule has 2 aromatic rings.